The topological polar surface area (TPSA) is 75.9 Å². The summed E-state index contributed by atoms with van der Waals surface area (Å²) in [5, 5.41) is 10.3. The van der Waals surface area contributed by atoms with Crippen LogP contribution in [0, 0.1) is 20.8 Å². The van der Waals surface area contributed by atoms with Gasteiger partial charge in [-0.2, -0.15) is 4.98 Å². The SMILES string of the molecule is CNc1nc(C)cc(NC(C)c2c(C)noc2C)n1. The summed E-state index contributed by atoms with van der Waals surface area (Å²) in [5.74, 6) is 2.22. The molecule has 0 aliphatic heterocycles. The molecule has 0 radical (unpaired) electrons. The molecule has 2 heterocycles. The first-order valence-electron chi connectivity index (χ1n) is 6.24. The van der Waals surface area contributed by atoms with E-state index in [1.807, 2.05) is 26.8 Å². The van der Waals surface area contributed by atoms with E-state index in [2.05, 4.69) is 32.7 Å². The van der Waals surface area contributed by atoms with Gasteiger partial charge in [-0.15, -0.1) is 0 Å². The zero-order valence-electron chi connectivity index (χ0n) is 11.9. The van der Waals surface area contributed by atoms with Gasteiger partial charge in [-0.05, 0) is 27.7 Å². The lowest BCUT2D eigenvalue weighted by Crippen LogP contribution is -2.11. The minimum Gasteiger partial charge on any atom is -0.363 e. The monoisotopic (exact) mass is 261 g/mol. The number of rotatable bonds is 4. The predicted molar refractivity (Wildman–Crippen MR) is 74.3 cm³/mol. The fraction of sp³-hybridized carbons (Fsp3) is 0.462. The van der Waals surface area contributed by atoms with Crippen molar-refractivity contribution in [1.82, 2.24) is 15.1 Å². The van der Waals surface area contributed by atoms with Crippen molar-refractivity contribution in [3.05, 3.63) is 28.8 Å². The molecule has 0 fully saturated rings. The Morgan fingerprint density at radius 1 is 1.21 bits per heavy atom. The third-order valence-corrected chi connectivity index (χ3v) is 2.96. The van der Waals surface area contributed by atoms with Crippen molar-refractivity contribution < 1.29 is 4.52 Å². The van der Waals surface area contributed by atoms with E-state index in [-0.39, 0.29) is 6.04 Å². The van der Waals surface area contributed by atoms with Gasteiger partial charge >= 0.3 is 0 Å². The van der Waals surface area contributed by atoms with Gasteiger partial charge in [-0.3, -0.25) is 0 Å². The molecule has 0 amide bonds. The predicted octanol–water partition coefficient (Wildman–Crippen LogP) is 2.60. The van der Waals surface area contributed by atoms with Crippen LogP contribution in [0.1, 0.15) is 35.7 Å². The second-order valence-electron chi connectivity index (χ2n) is 4.57. The van der Waals surface area contributed by atoms with Gasteiger partial charge in [0.25, 0.3) is 0 Å². The van der Waals surface area contributed by atoms with Crippen molar-refractivity contribution in [2.75, 3.05) is 17.7 Å². The van der Waals surface area contributed by atoms with Crippen LogP contribution in [0.4, 0.5) is 11.8 Å². The first-order chi connectivity index (χ1) is 9.01. The zero-order valence-corrected chi connectivity index (χ0v) is 11.9. The average molecular weight is 261 g/mol. The normalized spacial score (nSPS) is 12.3. The van der Waals surface area contributed by atoms with Gasteiger partial charge in [-0.1, -0.05) is 5.16 Å². The van der Waals surface area contributed by atoms with Crippen LogP contribution in [-0.2, 0) is 0 Å². The summed E-state index contributed by atoms with van der Waals surface area (Å²) in [6, 6.07) is 1.99. The third kappa shape index (κ3) is 2.83. The quantitative estimate of drug-likeness (QED) is 0.881. The Bertz CT molecular complexity index is 559. The molecular formula is C13H19N5O. The first-order valence-corrected chi connectivity index (χ1v) is 6.24. The molecule has 6 heteroatoms. The first kappa shape index (κ1) is 13.3. The number of hydrogen-bond acceptors (Lipinski definition) is 6. The van der Waals surface area contributed by atoms with E-state index in [0.29, 0.717) is 5.95 Å². The summed E-state index contributed by atoms with van der Waals surface area (Å²) < 4.78 is 5.19. The third-order valence-electron chi connectivity index (χ3n) is 2.96. The summed E-state index contributed by atoms with van der Waals surface area (Å²) in [4.78, 5) is 8.64. The van der Waals surface area contributed by atoms with Gasteiger partial charge in [-0.25, -0.2) is 4.98 Å². The van der Waals surface area contributed by atoms with Crippen molar-refractivity contribution in [2.24, 2.45) is 0 Å². The van der Waals surface area contributed by atoms with Crippen molar-refractivity contribution in [2.45, 2.75) is 33.7 Å². The van der Waals surface area contributed by atoms with E-state index in [9.17, 15) is 0 Å². The van der Waals surface area contributed by atoms with Gasteiger partial charge in [0, 0.05) is 24.4 Å². The molecule has 102 valence electrons. The summed E-state index contributed by atoms with van der Waals surface area (Å²) in [5.41, 5.74) is 2.88. The number of anilines is 2. The Morgan fingerprint density at radius 2 is 1.95 bits per heavy atom. The van der Waals surface area contributed by atoms with E-state index >= 15 is 0 Å². The molecule has 2 aromatic rings. The highest BCUT2D eigenvalue weighted by Crippen LogP contribution is 2.24. The van der Waals surface area contributed by atoms with Crippen LogP contribution in [0.2, 0.25) is 0 Å². The van der Waals surface area contributed by atoms with Crippen LogP contribution in [0.5, 0.6) is 0 Å². The van der Waals surface area contributed by atoms with Crippen molar-refractivity contribution in [1.29, 1.82) is 0 Å². The van der Waals surface area contributed by atoms with E-state index < -0.39 is 0 Å². The summed E-state index contributed by atoms with van der Waals surface area (Å²) in [7, 11) is 1.80. The van der Waals surface area contributed by atoms with Crippen LogP contribution in [0.15, 0.2) is 10.6 Å². The van der Waals surface area contributed by atoms with Crippen LogP contribution < -0.4 is 10.6 Å². The molecule has 2 aromatic heterocycles. The number of nitrogens with one attached hydrogen (secondary N) is 2. The van der Waals surface area contributed by atoms with Crippen LogP contribution in [0.3, 0.4) is 0 Å². The number of aromatic nitrogens is 3. The molecule has 0 spiro atoms. The largest absolute Gasteiger partial charge is 0.363 e. The average Bonchev–Trinajstić information content (AvgIpc) is 2.68. The lowest BCUT2D eigenvalue weighted by Gasteiger charge is -2.15. The van der Waals surface area contributed by atoms with E-state index in [0.717, 1.165) is 28.5 Å². The highest BCUT2D eigenvalue weighted by Gasteiger charge is 2.16. The highest BCUT2D eigenvalue weighted by atomic mass is 16.5. The summed E-state index contributed by atoms with van der Waals surface area (Å²) >= 11 is 0. The standard InChI is InChI=1S/C13H19N5O/c1-7-6-11(17-13(14-5)15-7)16-8(2)12-9(3)18-19-10(12)4/h6,8H,1-5H3,(H2,14,15,16,17). The fourth-order valence-corrected chi connectivity index (χ4v) is 2.16. The molecule has 1 unspecified atom stereocenters. The second-order valence-corrected chi connectivity index (χ2v) is 4.57. The van der Waals surface area contributed by atoms with E-state index in [4.69, 9.17) is 4.52 Å². The molecule has 0 saturated heterocycles. The maximum Gasteiger partial charge on any atom is 0.224 e. The van der Waals surface area contributed by atoms with Gasteiger partial charge in [0.2, 0.25) is 5.95 Å². The number of nitrogens with zero attached hydrogens (tertiary/aromatic N) is 3. The zero-order chi connectivity index (χ0) is 14.0. The molecule has 6 nitrogen and oxygen atoms in total. The molecule has 19 heavy (non-hydrogen) atoms. The van der Waals surface area contributed by atoms with Crippen LogP contribution in [-0.4, -0.2) is 22.2 Å². The Kier molecular flexibility index (Phi) is 3.69. The number of aryl methyl sites for hydroxylation is 3. The Hall–Kier alpha value is -2.11. The van der Waals surface area contributed by atoms with Crippen molar-refractivity contribution in [3.63, 3.8) is 0 Å². The second kappa shape index (κ2) is 5.26. The highest BCUT2D eigenvalue weighted by molar-refractivity contribution is 5.44. The maximum absolute atomic E-state index is 5.19. The van der Waals surface area contributed by atoms with Crippen LogP contribution >= 0.6 is 0 Å². The van der Waals surface area contributed by atoms with E-state index in [1.165, 1.54) is 0 Å². The minimum atomic E-state index is 0.0743. The van der Waals surface area contributed by atoms with Gasteiger partial charge in [0.15, 0.2) is 0 Å². The molecular weight excluding hydrogens is 242 g/mol. The number of hydrogen-bond donors (Lipinski definition) is 2. The molecule has 2 rings (SSSR count). The molecule has 0 aromatic carbocycles. The molecule has 0 aliphatic rings. The van der Waals surface area contributed by atoms with Crippen molar-refractivity contribution in [3.8, 4) is 0 Å². The lowest BCUT2D eigenvalue weighted by atomic mass is 10.1. The Balaban J connectivity index is 2.24. The maximum atomic E-state index is 5.19. The molecule has 0 aliphatic carbocycles. The van der Waals surface area contributed by atoms with Gasteiger partial charge < -0.3 is 15.2 Å². The minimum absolute atomic E-state index is 0.0743. The smallest absolute Gasteiger partial charge is 0.224 e. The van der Waals surface area contributed by atoms with Gasteiger partial charge in [0.1, 0.15) is 11.6 Å². The lowest BCUT2D eigenvalue weighted by molar-refractivity contribution is 0.392. The molecule has 0 bridgehead atoms. The Labute approximate surface area is 112 Å². The van der Waals surface area contributed by atoms with Crippen LogP contribution in [0.25, 0.3) is 0 Å². The summed E-state index contributed by atoms with van der Waals surface area (Å²) in [6.07, 6.45) is 0. The molecule has 0 saturated carbocycles. The molecule has 1 atom stereocenters. The Morgan fingerprint density at radius 3 is 2.53 bits per heavy atom. The van der Waals surface area contributed by atoms with Gasteiger partial charge in [0.05, 0.1) is 11.7 Å². The van der Waals surface area contributed by atoms with Crippen molar-refractivity contribution >= 4 is 11.8 Å². The fourth-order valence-electron chi connectivity index (χ4n) is 2.16. The molecule has 2 N–H and O–H groups in total. The summed E-state index contributed by atoms with van der Waals surface area (Å²) in [6.45, 7) is 7.85. The van der Waals surface area contributed by atoms with E-state index in [1.54, 1.807) is 7.05 Å².